The van der Waals surface area contributed by atoms with Gasteiger partial charge in [0.15, 0.2) is 0 Å². The Morgan fingerprint density at radius 2 is 2.31 bits per heavy atom. The van der Waals surface area contributed by atoms with Gasteiger partial charge in [0.1, 0.15) is 5.76 Å². The molecule has 0 radical (unpaired) electrons. The molecule has 0 spiro atoms. The summed E-state index contributed by atoms with van der Waals surface area (Å²) >= 11 is 0. The summed E-state index contributed by atoms with van der Waals surface area (Å²) in [6.45, 7) is 4.69. The summed E-state index contributed by atoms with van der Waals surface area (Å²) in [6, 6.07) is 3.98. The summed E-state index contributed by atoms with van der Waals surface area (Å²) in [7, 11) is 1.90. The standard InChI is InChI=1S/C10H17NO2/c1-8(2)13-7-9(11-3)10-5-4-6-12-10/h4-6,8-9,11H,7H2,1-3H3. The number of rotatable bonds is 5. The van der Waals surface area contributed by atoms with Crippen LogP contribution in [-0.4, -0.2) is 19.8 Å². The maximum atomic E-state index is 5.50. The van der Waals surface area contributed by atoms with E-state index in [1.807, 2.05) is 33.0 Å². The van der Waals surface area contributed by atoms with Gasteiger partial charge in [-0.05, 0) is 33.0 Å². The number of hydrogen-bond donors (Lipinski definition) is 1. The lowest BCUT2D eigenvalue weighted by Gasteiger charge is -2.15. The zero-order chi connectivity index (χ0) is 9.68. The predicted molar refractivity (Wildman–Crippen MR) is 51.6 cm³/mol. The molecule has 74 valence electrons. The lowest BCUT2D eigenvalue weighted by Crippen LogP contribution is -2.22. The number of ether oxygens (including phenoxy) is 1. The Labute approximate surface area is 79.1 Å². The smallest absolute Gasteiger partial charge is 0.123 e. The van der Waals surface area contributed by atoms with Crippen LogP contribution in [0, 0.1) is 0 Å². The molecule has 13 heavy (non-hydrogen) atoms. The van der Waals surface area contributed by atoms with E-state index >= 15 is 0 Å². The highest BCUT2D eigenvalue weighted by Gasteiger charge is 2.12. The largest absolute Gasteiger partial charge is 0.468 e. The SMILES string of the molecule is CNC(COC(C)C)c1ccco1. The molecular formula is C10H17NO2. The van der Waals surface area contributed by atoms with Crippen LogP contribution in [0.4, 0.5) is 0 Å². The monoisotopic (exact) mass is 183 g/mol. The summed E-state index contributed by atoms with van der Waals surface area (Å²) in [4.78, 5) is 0. The van der Waals surface area contributed by atoms with Gasteiger partial charge in [0, 0.05) is 0 Å². The Morgan fingerprint density at radius 3 is 2.77 bits per heavy atom. The maximum Gasteiger partial charge on any atom is 0.123 e. The highest BCUT2D eigenvalue weighted by Crippen LogP contribution is 2.13. The fourth-order valence-corrected chi connectivity index (χ4v) is 1.09. The Balaban J connectivity index is 2.44. The summed E-state index contributed by atoms with van der Waals surface area (Å²) < 4.78 is 10.8. The topological polar surface area (TPSA) is 34.4 Å². The van der Waals surface area contributed by atoms with Crippen LogP contribution in [0.1, 0.15) is 25.6 Å². The average molecular weight is 183 g/mol. The Kier molecular flexibility index (Phi) is 3.99. The zero-order valence-corrected chi connectivity index (χ0v) is 8.41. The minimum atomic E-state index is 0.150. The molecule has 0 aliphatic carbocycles. The van der Waals surface area contributed by atoms with Crippen LogP contribution in [0.3, 0.4) is 0 Å². The van der Waals surface area contributed by atoms with E-state index in [4.69, 9.17) is 9.15 Å². The Bertz CT molecular complexity index is 219. The van der Waals surface area contributed by atoms with Crippen molar-refractivity contribution in [3.05, 3.63) is 24.2 Å². The zero-order valence-electron chi connectivity index (χ0n) is 8.41. The quantitative estimate of drug-likeness (QED) is 0.757. The van der Waals surface area contributed by atoms with Gasteiger partial charge in [0.25, 0.3) is 0 Å². The molecule has 0 saturated heterocycles. The molecule has 0 fully saturated rings. The van der Waals surface area contributed by atoms with Gasteiger partial charge in [-0.2, -0.15) is 0 Å². The molecule has 1 aromatic heterocycles. The van der Waals surface area contributed by atoms with Gasteiger partial charge in [-0.15, -0.1) is 0 Å². The van der Waals surface area contributed by atoms with Crippen LogP contribution in [-0.2, 0) is 4.74 Å². The molecule has 3 nitrogen and oxygen atoms in total. The van der Waals surface area contributed by atoms with Crippen molar-refractivity contribution in [3.63, 3.8) is 0 Å². The molecule has 0 amide bonds. The first kappa shape index (κ1) is 10.3. The van der Waals surface area contributed by atoms with E-state index in [2.05, 4.69) is 5.32 Å². The molecule has 1 N–H and O–H groups in total. The average Bonchev–Trinajstić information content (AvgIpc) is 2.58. The van der Waals surface area contributed by atoms with Crippen molar-refractivity contribution in [2.75, 3.05) is 13.7 Å². The number of furan rings is 1. The highest BCUT2D eigenvalue weighted by atomic mass is 16.5. The fraction of sp³-hybridized carbons (Fsp3) is 0.600. The molecule has 0 aliphatic rings. The van der Waals surface area contributed by atoms with Crippen LogP contribution >= 0.6 is 0 Å². The lowest BCUT2D eigenvalue weighted by molar-refractivity contribution is 0.0584. The van der Waals surface area contributed by atoms with Crippen molar-refractivity contribution >= 4 is 0 Å². The molecule has 0 saturated carbocycles. The summed E-state index contributed by atoms with van der Waals surface area (Å²) in [5.41, 5.74) is 0. The maximum absolute atomic E-state index is 5.50. The predicted octanol–water partition coefficient (Wildman–Crippen LogP) is 1.97. The summed E-state index contributed by atoms with van der Waals surface area (Å²) in [6.07, 6.45) is 1.93. The third-order valence-corrected chi connectivity index (χ3v) is 1.83. The third kappa shape index (κ3) is 3.20. The van der Waals surface area contributed by atoms with Gasteiger partial charge in [-0.25, -0.2) is 0 Å². The van der Waals surface area contributed by atoms with Crippen LogP contribution in [0.2, 0.25) is 0 Å². The van der Waals surface area contributed by atoms with E-state index in [1.165, 1.54) is 0 Å². The fourth-order valence-electron chi connectivity index (χ4n) is 1.09. The van der Waals surface area contributed by atoms with Crippen molar-refractivity contribution in [1.29, 1.82) is 0 Å². The van der Waals surface area contributed by atoms with Gasteiger partial charge >= 0.3 is 0 Å². The normalized spacial score (nSPS) is 13.5. The van der Waals surface area contributed by atoms with E-state index < -0.39 is 0 Å². The molecule has 1 rings (SSSR count). The molecule has 0 aromatic carbocycles. The van der Waals surface area contributed by atoms with Crippen LogP contribution in [0.15, 0.2) is 22.8 Å². The first-order valence-electron chi connectivity index (χ1n) is 4.56. The molecular weight excluding hydrogens is 166 g/mol. The van der Waals surface area contributed by atoms with E-state index in [0.29, 0.717) is 6.61 Å². The van der Waals surface area contributed by atoms with Gasteiger partial charge in [0.2, 0.25) is 0 Å². The van der Waals surface area contributed by atoms with Crippen molar-refractivity contribution in [3.8, 4) is 0 Å². The summed E-state index contributed by atoms with van der Waals surface area (Å²) in [5, 5.41) is 3.14. The first-order valence-corrected chi connectivity index (χ1v) is 4.56. The van der Waals surface area contributed by atoms with Crippen molar-refractivity contribution < 1.29 is 9.15 Å². The van der Waals surface area contributed by atoms with Gasteiger partial charge in [-0.3, -0.25) is 0 Å². The number of nitrogens with one attached hydrogen (secondary N) is 1. The minimum absolute atomic E-state index is 0.150. The number of likely N-dealkylation sites (N-methyl/N-ethyl adjacent to an activating group) is 1. The Morgan fingerprint density at radius 1 is 1.54 bits per heavy atom. The van der Waals surface area contributed by atoms with Gasteiger partial charge < -0.3 is 14.5 Å². The lowest BCUT2D eigenvalue weighted by atomic mass is 10.2. The van der Waals surface area contributed by atoms with Crippen molar-refractivity contribution in [2.45, 2.75) is 26.0 Å². The molecule has 1 heterocycles. The van der Waals surface area contributed by atoms with E-state index in [9.17, 15) is 0 Å². The van der Waals surface area contributed by atoms with Gasteiger partial charge in [-0.1, -0.05) is 0 Å². The summed E-state index contributed by atoms with van der Waals surface area (Å²) in [5.74, 6) is 0.920. The molecule has 0 bridgehead atoms. The molecule has 0 aliphatic heterocycles. The molecule has 1 unspecified atom stereocenters. The molecule has 3 heteroatoms. The second-order valence-corrected chi connectivity index (χ2v) is 3.24. The van der Waals surface area contributed by atoms with E-state index in [-0.39, 0.29) is 12.1 Å². The van der Waals surface area contributed by atoms with Crippen LogP contribution in [0.5, 0.6) is 0 Å². The second kappa shape index (κ2) is 5.04. The first-order chi connectivity index (χ1) is 6.24. The second-order valence-electron chi connectivity index (χ2n) is 3.24. The number of hydrogen-bond acceptors (Lipinski definition) is 3. The van der Waals surface area contributed by atoms with Crippen molar-refractivity contribution in [2.24, 2.45) is 0 Å². The minimum Gasteiger partial charge on any atom is -0.468 e. The van der Waals surface area contributed by atoms with E-state index in [1.54, 1.807) is 6.26 Å². The third-order valence-electron chi connectivity index (χ3n) is 1.83. The van der Waals surface area contributed by atoms with E-state index in [0.717, 1.165) is 5.76 Å². The van der Waals surface area contributed by atoms with Gasteiger partial charge in [0.05, 0.1) is 25.0 Å². The molecule has 1 atom stereocenters. The van der Waals surface area contributed by atoms with Crippen LogP contribution < -0.4 is 5.32 Å². The Hall–Kier alpha value is -0.800. The van der Waals surface area contributed by atoms with Crippen molar-refractivity contribution in [1.82, 2.24) is 5.32 Å². The van der Waals surface area contributed by atoms with Crippen LogP contribution in [0.25, 0.3) is 0 Å². The highest BCUT2D eigenvalue weighted by molar-refractivity contribution is 5.03. The molecule has 1 aromatic rings.